The lowest BCUT2D eigenvalue weighted by atomic mass is 10.0. The van der Waals surface area contributed by atoms with E-state index in [0.29, 0.717) is 30.4 Å². The molecule has 0 saturated carbocycles. The van der Waals surface area contributed by atoms with Crippen LogP contribution in [0.25, 0.3) is 0 Å². The summed E-state index contributed by atoms with van der Waals surface area (Å²) in [5, 5.41) is 12.4. The fourth-order valence-electron chi connectivity index (χ4n) is 2.41. The number of rotatable bonds is 6. The molecule has 1 atom stereocenters. The zero-order valence-electron chi connectivity index (χ0n) is 12.7. The fourth-order valence-corrected chi connectivity index (χ4v) is 3.99. The molecule has 1 saturated heterocycles. The highest BCUT2D eigenvalue weighted by atomic mass is 35.5. The Hall–Kier alpha value is -0.820. The van der Waals surface area contributed by atoms with E-state index in [2.05, 4.69) is 12.2 Å². The van der Waals surface area contributed by atoms with Crippen LogP contribution >= 0.6 is 11.6 Å². The van der Waals surface area contributed by atoms with Gasteiger partial charge in [-0.2, -0.15) is 4.31 Å². The quantitative estimate of drug-likeness (QED) is 0.774. The van der Waals surface area contributed by atoms with Gasteiger partial charge in [0.2, 0.25) is 10.0 Å². The number of alkyl halides is 1. The normalized spacial score (nSPS) is 19.0. The average Bonchev–Trinajstić information content (AvgIpc) is 2.53. The molecule has 0 radical (unpaired) electrons. The van der Waals surface area contributed by atoms with Gasteiger partial charge in [0.25, 0.3) is 0 Å². The molecule has 0 bridgehead atoms. The van der Waals surface area contributed by atoms with Crippen molar-refractivity contribution >= 4 is 27.3 Å². The summed E-state index contributed by atoms with van der Waals surface area (Å²) in [5.74, 6) is 0.749. The molecule has 2 rings (SSSR count). The summed E-state index contributed by atoms with van der Waals surface area (Å²) in [4.78, 5) is 0.311. The minimum Gasteiger partial charge on any atom is -0.390 e. The van der Waals surface area contributed by atoms with Crippen LogP contribution in [-0.4, -0.2) is 49.4 Å². The van der Waals surface area contributed by atoms with Crippen LogP contribution in [0.15, 0.2) is 29.2 Å². The van der Waals surface area contributed by atoms with E-state index < -0.39 is 16.1 Å². The third-order valence-corrected chi connectivity index (χ3v) is 6.22. The second kappa shape index (κ2) is 7.64. The number of aliphatic hydroxyl groups excluding tert-OH is 1. The maximum absolute atomic E-state index is 12.6. The van der Waals surface area contributed by atoms with E-state index in [4.69, 9.17) is 11.6 Å². The van der Waals surface area contributed by atoms with Gasteiger partial charge in [0, 0.05) is 25.3 Å². The van der Waals surface area contributed by atoms with E-state index in [1.807, 2.05) is 0 Å². The predicted molar refractivity (Wildman–Crippen MR) is 88.8 cm³/mol. The van der Waals surface area contributed by atoms with Gasteiger partial charge in [-0.25, -0.2) is 8.42 Å². The number of benzene rings is 1. The van der Waals surface area contributed by atoms with Crippen LogP contribution in [0.4, 0.5) is 5.69 Å². The highest BCUT2D eigenvalue weighted by Gasteiger charge is 2.27. The largest absolute Gasteiger partial charge is 0.390 e. The summed E-state index contributed by atoms with van der Waals surface area (Å²) in [6.07, 6.45) is 1.20. The van der Waals surface area contributed by atoms with Crippen LogP contribution in [-0.2, 0) is 10.0 Å². The van der Waals surface area contributed by atoms with Crippen LogP contribution < -0.4 is 5.32 Å². The van der Waals surface area contributed by atoms with Gasteiger partial charge in [0.05, 0.1) is 16.9 Å². The lowest BCUT2D eigenvalue weighted by Gasteiger charge is -2.29. The summed E-state index contributed by atoms with van der Waals surface area (Å²) in [6.45, 7) is 3.66. The number of anilines is 1. The molecule has 1 fully saturated rings. The average molecular weight is 347 g/mol. The highest BCUT2D eigenvalue weighted by Crippen LogP contribution is 2.24. The molecule has 7 heteroatoms. The molecule has 2 N–H and O–H groups in total. The summed E-state index contributed by atoms with van der Waals surface area (Å²) < 4.78 is 26.7. The van der Waals surface area contributed by atoms with Gasteiger partial charge in [-0.05, 0) is 43.0 Å². The molecule has 1 unspecified atom stereocenters. The van der Waals surface area contributed by atoms with Gasteiger partial charge < -0.3 is 10.4 Å². The van der Waals surface area contributed by atoms with Crippen molar-refractivity contribution in [3.05, 3.63) is 24.3 Å². The molecule has 124 valence electrons. The molecule has 1 aliphatic heterocycles. The van der Waals surface area contributed by atoms with Gasteiger partial charge in [-0.15, -0.1) is 11.6 Å². The molecular weight excluding hydrogens is 324 g/mol. The molecule has 1 heterocycles. The number of hydrogen-bond donors (Lipinski definition) is 2. The van der Waals surface area contributed by atoms with Crippen molar-refractivity contribution in [1.29, 1.82) is 0 Å². The molecule has 0 aromatic heterocycles. The first-order valence-electron chi connectivity index (χ1n) is 7.51. The summed E-state index contributed by atoms with van der Waals surface area (Å²) in [5.41, 5.74) is 0.760. The third kappa shape index (κ3) is 4.35. The first-order valence-corrected chi connectivity index (χ1v) is 9.49. The van der Waals surface area contributed by atoms with Crippen LogP contribution in [0.1, 0.15) is 19.8 Å². The number of halogens is 1. The molecule has 0 spiro atoms. The summed E-state index contributed by atoms with van der Waals surface area (Å²) in [7, 11) is -3.40. The van der Waals surface area contributed by atoms with Crippen molar-refractivity contribution < 1.29 is 13.5 Å². The molecule has 1 aromatic rings. The Bertz CT molecular complexity index is 569. The van der Waals surface area contributed by atoms with E-state index in [-0.39, 0.29) is 5.88 Å². The van der Waals surface area contributed by atoms with E-state index in [0.717, 1.165) is 18.5 Å². The van der Waals surface area contributed by atoms with E-state index in [1.165, 1.54) is 0 Å². The monoisotopic (exact) mass is 346 g/mol. The number of hydrogen-bond acceptors (Lipinski definition) is 4. The van der Waals surface area contributed by atoms with Crippen molar-refractivity contribution in [2.24, 2.45) is 5.92 Å². The first kappa shape index (κ1) is 17.5. The Morgan fingerprint density at radius 1 is 1.32 bits per heavy atom. The Labute approximate surface area is 137 Å². The number of nitrogens with one attached hydrogen (secondary N) is 1. The molecule has 5 nitrogen and oxygen atoms in total. The Morgan fingerprint density at radius 2 is 1.91 bits per heavy atom. The highest BCUT2D eigenvalue weighted by molar-refractivity contribution is 7.89. The lowest BCUT2D eigenvalue weighted by molar-refractivity contribution is 0.211. The minimum atomic E-state index is -3.40. The summed E-state index contributed by atoms with van der Waals surface area (Å²) >= 11 is 5.52. The molecule has 0 amide bonds. The van der Waals surface area contributed by atoms with Crippen molar-refractivity contribution in [3.8, 4) is 0 Å². The first-order chi connectivity index (χ1) is 10.4. The molecule has 0 aliphatic carbocycles. The SMILES string of the molecule is CC1CCN(S(=O)(=O)c2ccc(NCC(O)CCl)cc2)CC1. The zero-order chi connectivity index (χ0) is 16.2. The van der Waals surface area contributed by atoms with Crippen LogP contribution in [0.3, 0.4) is 0 Å². The van der Waals surface area contributed by atoms with Gasteiger partial charge in [0.15, 0.2) is 0 Å². The zero-order valence-corrected chi connectivity index (χ0v) is 14.3. The van der Waals surface area contributed by atoms with Crippen LogP contribution in [0.5, 0.6) is 0 Å². The van der Waals surface area contributed by atoms with Crippen LogP contribution in [0.2, 0.25) is 0 Å². The van der Waals surface area contributed by atoms with Crippen LogP contribution in [0, 0.1) is 5.92 Å². The third-order valence-electron chi connectivity index (χ3n) is 3.95. The Morgan fingerprint density at radius 3 is 2.45 bits per heavy atom. The maximum atomic E-state index is 12.6. The Balaban J connectivity index is 2.02. The molecule has 22 heavy (non-hydrogen) atoms. The van der Waals surface area contributed by atoms with Gasteiger partial charge >= 0.3 is 0 Å². The standard InChI is InChI=1S/C15H23ClN2O3S/c1-12-6-8-18(9-7-12)22(20,21)15-4-2-13(3-5-15)17-11-14(19)10-16/h2-5,12,14,17,19H,6-11H2,1H3. The number of nitrogens with zero attached hydrogens (tertiary/aromatic N) is 1. The summed E-state index contributed by atoms with van der Waals surface area (Å²) in [6, 6.07) is 6.62. The predicted octanol–water partition coefficient (Wildman–Crippen LogP) is 2.12. The number of aliphatic hydroxyl groups is 1. The minimum absolute atomic E-state index is 0.160. The van der Waals surface area contributed by atoms with E-state index in [1.54, 1.807) is 28.6 Å². The topological polar surface area (TPSA) is 69.6 Å². The maximum Gasteiger partial charge on any atom is 0.243 e. The van der Waals surface area contributed by atoms with Gasteiger partial charge in [-0.3, -0.25) is 0 Å². The Kier molecular flexibility index (Phi) is 6.09. The van der Waals surface area contributed by atoms with Gasteiger partial charge in [0.1, 0.15) is 0 Å². The number of sulfonamides is 1. The van der Waals surface area contributed by atoms with E-state index in [9.17, 15) is 13.5 Å². The van der Waals surface area contributed by atoms with Gasteiger partial charge in [-0.1, -0.05) is 6.92 Å². The molecular formula is C15H23ClN2O3S. The molecule has 1 aliphatic rings. The van der Waals surface area contributed by atoms with Crippen molar-refractivity contribution in [2.75, 3.05) is 30.8 Å². The number of piperidine rings is 1. The van der Waals surface area contributed by atoms with E-state index >= 15 is 0 Å². The molecule has 1 aromatic carbocycles. The van der Waals surface area contributed by atoms with Crippen molar-refractivity contribution in [3.63, 3.8) is 0 Å². The second-order valence-electron chi connectivity index (χ2n) is 5.80. The second-order valence-corrected chi connectivity index (χ2v) is 8.05. The fraction of sp³-hybridized carbons (Fsp3) is 0.600. The van der Waals surface area contributed by atoms with Crippen molar-refractivity contribution in [1.82, 2.24) is 4.31 Å². The smallest absolute Gasteiger partial charge is 0.243 e. The lowest BCUT2D eigenvalue weighted by Crippen LogP contribution is -2.37. The van der Waals surface area contributed by atoms with Crippen molar-refractivity contribution in [2.45, 2.75) is 30.8 Å².